The van der Waals surface area contributed by atoms with Gasteiger partial charge in [-0.25, -0.2) is 4.98 Å². The lowest BCUT2D eigenvalue weighted by Gasteiger charge is -2.18. The Kier molecular flexibility index (Phi) is 5.37. The molecule has 152 valence electrons. The molecule has 3 aromatic rings. The topological polar surface area (TPSA) is 86.5 Å². The largest absolute Gasteiger partial charge is 0.510 e. The van der Waals surface area contributed by atoms with Crippen molar-refractivity contribution in [1.82, 2.24) is 4.98 Å². The SMILES string of the molecule is COC(=O)Cc1ccc(N2CC(O)=C(c3nc(-c4ccccc4)c(C)s3)C2=N)cc1. The number of esters is 1. The van der Waals surface area contributed by atoms with E-state index in [1.807, 2.05) is 61.5 Å². The number of ether oxygens (including phenoxy) is 1. The molecule has 1 aliphatic heterocycles. The van der Waals surface area contributed by atoms with Gasteiger partial charge in [0.2, 0.25) is 0 Å². The number of methoxy groups -OCH3 is 1. The lowest BCUT2D eigenvalue weighted by Crippen LogP contribution is -2.26. The maximum atomic E-state index is 11.4. The maximum absolute atomic E-state index is 11.4. The average Bonchev–Trinajstić information content (AvgIpc) is 3.27. The van der Waals surface area contributed by atoms with Crippen molar-refractivity contribution in [2.45, 2.75) is 13.3 Å². The Bertz CT molecular complexity index is 1130. The number of anilines is 1. The number of aromatic nitrogens is 1. The second-order valence-corrected chi connectivity index (χ2v) is 8.17. The zero-order valence-electron chi connectivity index (χ0n) is 16.7. The molecule has 2 N–H and O–H groups in total. The standard InChI is InChI=1S/C23H21N3O3S/c1-14-21(16-6-4-3-5-7-16)25-23(30-14)20-18(27)13-26(22(20)24)17-10-8-15(9-11-17)12-19(28)29-2/h3-11,24,27H,12-13H2,1-2H3. The summed E-state index contributed by atoms with van der Waals surface area (Å²) in [6.45, 7) is 2.21. The van der Waals surface area contributed by atoms with Gasteiger partial charge >= 0.3 is 5.97 Å². The molecule has 4 rings (SSSR count). The molecule has 30 heavy (non-hydrogen) atoms. The maximum Gasteiger partial charge on any atom is 0.309 e. The minimum absolute atomic E-state index is 0.131. The number of carbonyl (C=O) groups excluding carboxylic acids is 1. The van der Waals surface area contributed by atoms with Gasteiger partial charge in [0.25, 0.3) is 0 Å². The number of aliphatic hydroxyl groups is 1. The van der Waals surface area contributed by atoms with Gasteiger partial charge in [0.05, 0.1) is 31.3 Å². The zero-order chi connectivity index (χ0) is 21.3. The summed E-state index contributed by atoms with van der Waals surface area (Å²) in [4.78, 5) is 18.9. The first-order chi connectivity index (χ1) is 14.5. The van der Waals surface area contributed by atoms with E-state index in [0.717, 1.165) is 27.4 Å². The molecular formula is C23H21N3O3S. The number of benzene rings is 2. The lowest BCUT2D eigenvalue weighted by atomic mass is 10.1. The Morgan fingerprint density at radius 2 is 1.90 bits per heavy atom. The highest BCUT2D eigenvalue weighted by Crippen LogP contribution is 2.36. The van der Waals surface area contributed by atoms with Crippen molar-refractivity contribution in [1.29, 1.82) is 5.41 Å². The van der Waals surface area contributed by atoms with Crippen LogP contribution in [0.1, 0.15) is 15.4 Å². The summed E-state index contributed by atoms with van der Waals surface area (Å²) < 4.78 is 4.69. The molecular weight excluding hydrogens is 398 g/mol. The fraction of sp³-hybridized carbons (Fsp3) is 0.174. The van der Waals surface area contributed by atoms with Crippen LogP contribution in [0, 0.1) is 12.3 Å². The Morgan fingerprint density at radius 3 is 2.57 bits per heavy atom. The monoisotopic (exact) mass is 419 g/mol. The summed E-state index contributed by atoms with van der Waals surface area (Å²) in [6, 6.07) is 17.2. The number of rotatable bonds is 5. The summed E-state index contributed by atoms with van der Waals surface area (Å²) in [5.41, 5.74) is 3.95. The highest BCUT2D eigenvalue weighted by atomic mass is 32.1. The fourth-order valence-electron chi connectivity index (χ4n) is 3.42. The molecule has 1 aliphatic rings. The summed E-state index contributed by atoms with van der Waals surface area (Å²) in [6.07, 6.45) is 0.198. The first kappa shape index (κ1) is 19.8. The zero-order valence-corrected chi connectivity index (χ0v) is 17.5. The molecule has 0 saturated heterocycles. The predicted molar refractivity (Wildman–Crippen MR) is 119 cm³/mol. The van der Waals surface area contributed by atoms with E-state index in [1.165, 1.54) is 18.4 Å². The summed E-state index contributed by atoms with van der Waals surface area (Å²) in [5.74, 6) is 0.0419. The van der Waals surface area contributed by atoms with Crippen LogP contribution in [-0.2, 0) is 16.0 Å². The first-order valence-corrected chi connectivity index (χ1v) is 10.3. The minimum Gasteiger partial charge on any atom is -0.510 e. The van der Waals surface area contributed by atoms with Gasteiger partial charge in [-0.3, -0.25) is 10.2 Å². The molecule has 0 radical (unpaired) electrons. The second-order valence-electron chi connectivity index (χ2n) is 6.97. The fourth-order valence-corrected chi connectivity index (χ4v) is 4.43. The van der Waals surface area contributed by atoms with Crippen LogP contribution in [0.25, 0.3) is 16.8 Å². The van der Waals surface area contributed by atoms with E-state index in [1.54, 1.807) is 4.90 Å². The number of aryl methyl sites for hydroxylation is 1. The van der Waals surface area contributed by atoms with E-state index in [-0.39, 0.29) is 30.5 Å². The quantitative estimate of drug-likeness (QED) is 0.590. The number of thiazole rings is 1. The van der Waals surface area contributed by atoms with E-state index in [4.69, 9.17) is 15.1 Å². The van der Waals surface area contributed by atoms with Gasteiger partial charge in [0.15, 0.2) is 0 Å². The lowest BCUT2D eigenvalue weighted by molar-refractivity contribution is -0.139. The number of nitrogens with one attached hydrogen (secondary N) is 1. The van der Waals surface area contributed by atoms with E-state index >= 15 is 0 Å². The van der Waals surface area contributed by atoms with Crippen LogP contribution in [0.2, 0.25) is 0 Å². The summed E-state index contributed by atoms with van der Waals surface area (Å²) in [5, 5.41) is 19.9. The Morgan fingerprint density at radius 1 is 1.20 bits per heavy atom. The van der Waals surface area contributed by atoms with Gasteiger partial charge in [-0.2, -0.15) is 0 Å². The van der Waals surface area contributed by atoms with E-state index in [0.29, 0.717) is 10.6 Å². The summed E-state index contributed by atoms with van der Waals surface area (Å²) in [7, 11) is 1.36. The number of carbonyl (C=O) groups is 1. The highest BCUT2D eigenvalue weighted by Gasteiger charge is 2.31. The van der Waals surface area contributed by atoms with Crippen molar-refractivity contribution in [3.8, 4) is 11.3 Å². The molecule has 2 aromatic carbocycles. The van der Waals surface area contributed by atoms with Crippen LogP contribution < -0.4 is 4.90 Å². The molecule has 2 heterocycles. The Labute approximate surface area is 178 Å². The number of aliphatic hydroxyl groups excluding tert-OH is 1. The predicted octanol–water partition coefficient (Wildman–Crippen LogP) is 4.60. The average molecular weight is 420 g/mol. The number of amidine groups is 1. The molecule has 6 nitrogen and oxygen atoms in total. The third kappa shape index (κ3) is 3.71. The van der Waals surface area contributed by atoms with Gasteiger partial charge in [-0.15, -0.1) is 11.3 Å². The molecule has 0 spiro atoms. The van der Waals surface area contributed by atoms with Gasteiger partial charge in [0, 0.05) is 16.1 Å². The van der Waals surface area contributed by atoms with Crippen molar-refractivity contribution < 1.29 is 14.6 Å². The van der Waals surface area contributed by atoms with Crippen LogP contribution in [0.4, 0.5) is 5.69 Å². The van der Waals surface area contributed by atoms with Crippen LogP contribution >= 0.6 is 11.3 Å². The number of hydrogen-bond acceptors (Lipinski definition) is 6. The van der Waals surface area contributed by atoms with Gasteiger partial charge in [-0.05, 0) is 24.6 Å². The molecule has 1 aromatic heterocycles. The van der Waals surface area contributed by atoms with Crippen molar-refractivity contribution in [3.05, 3.63) is 75.8 Å². The van der Waals surface area contributed by atoms with Crippen molar-refractivity contribution in [3.63, 3.8) is 0 Å². The van der Waals surface area contributed by atoms with Crippen LogP contribution in [0.3, 0.4) is 0 Å². The molecule has 0 atom stereocenters. The highest BCUT2D eigenvalue weighted by molar-refractivity contribution is 7.13. The van der Waals surface area contributed by atoms with Crippen molar-refractivity contribution in [2.75, 3.05) is 18.6 Å². The van der Waals surface area contributed by atoms with Gasteiger partial charge < -0.3 is 14.7 Å². The minimum atomic E-state index is -0.299. The smallest absolute Gasteiger partial charge is 0.309 e. The van der Waals surface area contributed by atoms with E-state index in [2.05, 4.69) is 0 Å². The third-order valence-corrected chi connectivity index (χ3v) is 5.97. The van der Waals surface area contributed by atoms with Crippen molar-refractivity contribution in [2.24, 2.45) is 0 Å². The van der Waals surface area contributed by atoms with Gasteiger partial charge in [-0.1, -0.05) is 42.5 Å². The van der Waals surface area contributed by atoms with Crippen LogP contribution in [0.5, 0.6) is 0 Å². The molecule has 7 heteroatoms. The normalized spacial score (nSPS) is 13.8. The number of hydrogen-bond donors (Lipinski definition) is 2. The molecule has 0 unspecified atom stereocenters. The second kappa shape index (κ2) is 8.12. The summed E-state index contributed by atoms with van der Waals surface area (Å²) >= 11 is 1.48. The third-order valence-electron chi connectivity index (χ3n) is 4.99. The molecule has 0 aliphatic carbocycles. The van der Waals surface area contributed by atoms with E-state index in [9.17, 15) is 9.90 Å². The molecule has 0 fully saturated rings. The first-order valence-electron chi connectivity index (χ1n) is 9.45. The number of nitrogens with zero attached hydrogens (tertiary/aromatic N) is 2. The van der Waals surface area contributed by atoms with Crippen LogP contribution in [0.15, 0.2) is 60.4 Å². The van der Waals surface area contributed by atoms with Crippen molar-refractivity contribution >= 4 is 34.4 Å². The van der Waals surface area contributed by atoms with E-state index < -0.39 is 0 Å². The Balaban J connectivity index is 1.58. The molecule has 0 bridgehead atoms. The molecule has 0 saturated carbocycles. The van der Waals surface area contributed by atoms with Gasteiger partial charge in [0.1, 0.15) is 16.6 Å². The molecule has 0 amide bonds. The Hall–Kier alpha value is -3.45. The van der Waals surface area contributed by atoms with Crippen LogP contribution in [-0.4, -0.2) is 35.5 Å².